The van der Waals surface area contributed by atoms with Crippen LogP contribution in [-0.4, -0.2) is 54.6 Å². The summed E-state index contributed by atoms with van der Waals surface area (Å²) in [5.74, 6) is 0. The molecule has 0 rings (SSSR count). The molecule has 0 aromatic heterocycles. The summed E-state index contributed by atoms with van der Waals surface area (Å²) < 4.78 is 0.703. The van der Waals surface area contributed by atoms with Crippen LogP contribution in [0.4, 0.5) is 0 Å². The standard InChI is InChI=1S/C16H36NO2.FH/c1-4-5-6-7-8-9-10-11-12-16(19)15-17(2,3)13-14-18;/h16,18-19H,4-15H2,1-3H3;1H/q+1;/p-1. The van der Waals surface area contributed by atoms with Crippen LogP contribution in [-0.2, 0) is 0 Å². The van der Waals surface area contributed by atoms with Crippen LogP contribution in [0.2, 0.25) is 0 Å². The van der Waals surface area contributed by atoms with Crippen molar-refractivity contribution in [3.63, 3.8) is 0 Å². The molecule has 0 amide bonds. The van der Waals surface area contributed by atoms with Gasteiger partial charge in [0.1, 0.15) is 19.2 Å². The Labute approximate surface area is 125 Å². The van der Waals surface area contributed by atoms with Gasteiger partial charge in [-0.1, -0.05) is 58.3 Å². The number of likely N-dealkylation sites (N-methyl/N-ethyl adjacent to an activating group) is 1. The van der Waals surface area contributed by atoms with Crippen LogP contribution in [0.25, 0.3) is 0 Å². The van der Waals surface area contributed by atoms with Crippen molar-refractivity contribution in [2.75, 3.05) is 33.8 Å². The van der Waals surface area contributed by atoms with E-state index >= 15 is 0 Å². The van der Waals surface area contributed by atoms with Gasteiger partial charge >= 0.3 is 0 Å². The Morgan fingerprint density at radius 3 is 1.90 bits per heavy atom. The van der Waals surface area contributed by atoms with E-state index in [0.29, 0.717) is 11.0 Å². The van der Waals surface area contributed by atoms with E-state index in [0.717, 1.165) is 19.4 Å². The van der Waals surface area contributed by atoms with E-state index in [4.69, 9.17) is 5.11 Å². The summed E-state index contributed by atoms with van der Waals surface area (Å²) in [4.78, 5) is 0. The fourth-order valence-electron chi connectivity index (χ4n) is 2.54. The van der Waals surface area contributed by atoms with Gasteiger partial charge in [-0.15, -0.1) is 0 Å². The summed E-state index contributed by atoms with van der Waals surface area (Å²) in [5, 5.41) is 18.9. The van der Waals surface area contributed by atoms with Gasteiger partial charge in [-0.05, 0) is 6.42 Å². The summed E-state index contributed by atoms with van der Waals surface area (Å²) in [6.07, 6.45) is 11.2. The van der Waals surface area contributed by atoms with Crippen LogP contribution in [0.3, 0.4) is 0 Å². The van der Waals surface area contributed by atoms with Crippen LogP contribution in [0.15, 0.2) is 0 Å². The predicted molar refractivity (Wildman–Crippen MR) is 82.2 cm³/mol. The van der Waals surface area contributed by atoms with Gasteiger partial charge in [0, 0.05) is 0 Å². The molecule has 0 radical (unpaired) electrons. The van der Waals surface area contributed by atoms with E-state index < -0.39 is 0 Å². The molecule has 0 fully saturated rings. The van der Waals surface area contributed by atoms with Crippen molar-refractivity contribution in [1.82, 2.24) is 0 Å². The highest BCUT2D eigenvalue weighted by atomic mass is 19.0. The molecule has 0 aliphatic carbocycles. The molecule has 0 aromatic carbocycles. The molecule has 1 unspecified atom stereocenters. The molecule has 0 aromatic rings. The highest BCUT2D eigenvalue weighted by Crippen LogP contribution is 2.12. The first-order chi connectivity index (χ1) is 9.02. The number of hydrogen-bond donors (Lipinski definition) is 2. The van der Waals surface area contributed by atoms with E-state index in [1.165, 1.54) is 44.9 Å². The zero-order valence-electron chi connectivity index (χ0n) is 13.8. The lowest BCUT2D eigenvalue weighted by atomic mass is 10.1. The molecular formula is C16H36FNO2. The van der Waals surface area contributed by atoms with Gasteiger partial charge in [-0.3, -0.25) is 0 Å². The number of aliphatic hydroxyl groups is 2. The molecule has 0 bridgehead atoms. The first-order valence-electron chi connectivity index (χ1n) is 8.12. The molecule has 0 spiro atoms. The Morgan fingerprint density at radius 2 is 1.40 bits per heavy atom. The summed E-state index contributed by atoms with van der Waals surface area (Å²) >= 11 is 0. The van der Waals surface area contributed by atoms with E-state index in [-0.39, 0.29) is 17.4 Å². The maximum absolute atomic E-state index is 9.99. The summed E-state index contributed by atoms with van der Waals surface area (Å²) in [5.41, 5.74) is 0. The minimum Gasteiger partial charge on any atom is -1.00 e. The van der Waals surface area contributed by atoms with Crippen LogP contribution >= 0.6 is 0 Å². The lowest BCUT2D eigenvalue weighted by Crippen LogP contribution is -3.00. The molecule has 0 aliphatic rings. The van der Waals surface area contributed by atoms with Gasteiger partial charge in [-0.2, -0.15) is 0 Å². The third kappa shape index (κ3) is 14.2. The third-order valence-electron chi connectivity index (χ3n) is 3.80. The lowest BCUT2D eigenvalue weighted by Gasteiger charge is -2.31. The van der Waals surface area contributed by atoms with Gasteiger partial charge in [-0.25, -0.2) is 0 Å². The Bertz CT molecular complexity index is 201. The normalized spacial score (nSPS) is 13.1. The van der Waals surface area contributed by atoms with Crippen molar-refractivity contribution in [3.8, 4) is 0 Å². The molecule has 1 atom stereocenters. The quantitative estimate of drug-likeness (QED) is 0.369. The predicted octanol–water partition coefficient (Wildman–Crippen LogP) is -0.0492. The molecule has 20 heavy (non-hydrogen) atoms. The van der Waals surface area contributed by atoms with Crippen molar-refractivity contribution in [2.45, 2.75) is 70.8 Å². The van der Waals surface area contributed by atoms with Crippen molar-refractivity contribution in [2.24, 2.45) is 0 Å². The Hall–Kier alpha value is -0.190. The number of quaternary nitrogens is 1. The maximum atomic E-state index is 9.99. The molecule has 0 heterocycles. The Kier molecular flexibility index (Phi) is 15.2. The van der Waals surface area contributed by atoms with Crippen LogP contribution < -0.4 is 4.70 Å². The van der Waals surface area contributed by atoms with E-state index in [9.17, 15) is 5.11 Å². The fraction of sp³-hybridized carbons (Fsp3) is 1.00. The molecule has 2 N–H and O–H groups in total. The highest BCUT2D eigenvalue weighted by Gasteiger charge is 2.19. The Morgan fingerprint density at radius 1 is 0.900 bits per heavy atom. The maximum Gasteiger partial charge on any atom is 0.105 e. The van der Waals surface area contributed by atoms with Crippen molar-refractivity contribution in [3.05, 3.63) is 0 Å². The average Bonchev–Trinajstić information content (AvgIpc) is 2.31. The van der Waals surface area contributed by atoms with Crippen molar-refractivity contribution in [1.29, 1.82) is 0 Å². The van der Waals surface area contributed by atoms with Crippen molar-refractivity contribution < 1.29 is 19.4 Å². The van der Waals surface area contributed by atoms with E-state index in [2.05, 4.69) is 21.0 Å². The number of halogens is 1. The van der Waals surface area contributed by atoms with Crippen LogP contribution in [0.5, 0.6) is 0 Å². The Balaban J connectivity index is 0. The smallest absolute Gasteiger partial charge is 0.105 e. The molecule has 0 saturated heterocycles. The zero-order valence-corrected chi connectivity index (χ0v) is 13.8. The van der Waals surface area contributed by atoms with Gasteiger partial charge < -0.3 is 19.4 Å². The number of unbranched alkanes of at least 4 members (excludes halogenated alkanes) is 7. The topological polar surface area (TPSA) is 40.5 Å². The number of hydrogen-bond acceptors (Lipinski definition) is 2. The summed E-state index contributed by atoms with van der Waals surface area (Å²) in [7, 11) is 4.13. The average molecular weight is 293 g/mol. The first kappa shape index (κ1) is 22.1. The SMILES string of the molecule is CCCCCCCCCCC(O)C[N+](C)(C)CCO.[F-]. The van der Waals surface area contributed by atoms with E-state index in [1.807, 2.05) is 0 Å². The molecule has 4 heteroatoms. The molecular weight excluding hydrogens is 257 g/mol. The fourth-order valence-corrected chi connectivity index (χ4v) is 2.54. The van der Waals surface area contributed by atoms with Gasteiger partial charge in [0.15, 0.2) is 0 Å². The van der Waals surface area contributed by atoms with E-state index in [1.54, 1.807) is 0 Å². The molecule has 3 nitrogen and oxygen atoms in total. The summed E-state index contributed by atoms with van der Waals surface area (Å²) in [6, 6.07) is 0. The van der Waals surface area contributed by atoms with Gasteiger partial charge in [0.2, 0.25) is 0 Å². The first-order valence-corrected chi connectivity index (χ1v) is 8.12. The largest absolute Gasteiger partial charge is 1.00 e. The lowest BCUT2D eigenvalue weighted by molar-refractivity contribution is -0.893. The van der Waals surface area contributed by atoms with Crippen LogP contribution in [0.1, 0.15) is 64.7 Å². The minimum absolute atomic E-state index is 0. The number of nitrogens with zero attached hydrogens (tertiary/aromatic N) is 1. The number of aliphatic hydroxyl groups excluding tert-OH is 2. The zero-order chi connectivity index (χ0) is 14.6. The number of rotatable bonds is 13. The summed E-state index contributed by atoms with van der Waals surface area (Å²) in [6.45, 7) is 3.90. The van der Waals surface area contributed by atoms with Crippen LogP contribution in [0, 0.1) is 0 Å². The second kappa shape index (κ2) is 13.8. The molecule has 0 aliphatic heterocycles. The van der Waals surface area contributed by atoms with Gasteiger partial charge in [0.05, 0.1) is 20.7 Å². The molecule has 124 valence electrons. The monoisotopic (exact) mass is 293 g/mol. The second-order valence-corrected chi connectivity index (χ2v) is 6.48. The minimum atomic E-state index is -0.221. The second-order valence-electron chi connectivity index (χ2n) is 6.48. The molecule has 0 saturated carbocycles. The van der Waals surface area contributed by atoms with Gasteiger partial charge in [0.25, 0.3) is 0 Å². The highest BCUT2D eigenvalue weighted by molar-refractivity contribution is 4.56. The third-order valence-corrected chi connectivity index (χ3v) is 3.80. The van der Waals surface area contributed by atoms with Crippen molar-refractivity contribution >= 4 is 0 Å².